The topological polar surface area (TPSA) is 72.8 Å². The summed E-state index contributed by atoms with van der Waals surface area (Å²) in [6.45, 7) is 2.39. The molecule has 1 heterocycles. The van der Waals surface area contributed by atoms with Gasteiger partial charge in [-0.2, -0.15) is 0 Å². The molecular formula is C18H14O5. The van der Waals surface area contributed by atoms with Gasteiger partial charge >= 0.3 is 5.97 Å². The van der Waals surface area contributed by atoms with Crippen LogP contribution in [0.2, 0.25) is 0 Å². The highest BCUT2D eigenvalue weighted by atomic mass is 16.5. The van der Waals surface area contributed by atoms with Crippen LogP contribution in [0.5, 0.6) is 11.5 Å². The minimum absolute atomic E-state index is 0.0525. The molecule has 2 aromatic carbocycles. The molecule has 0 unspecified atom stereocenters. The third kappa shape index (κ3) is 2.81. The first-order valence-corrected chi connectivity index (χ1v) is 7.13. The largest absolute Gasteiger partial charge is 0.493 e. The minimum atomic E-state index is -1.08. The van der Waals surface area contributed by atoms with E-state index >= 15 is 0 Å². The van der Waals surface area contributed by atoms with Crippen LogP contribution in [0.3, 0.4) is 0 Å². The van der Waals surface area contributed by atoms with Gasteiger partial charge in [0, 0.05) is 5.56 Å². The number of hydrogen-bond donors (Lipinski definition) is 1. The molecule has 0 saturated carbocycles. The molecule has 0 atom stereocenters. The van der Waals surface area contributed by atoms with Gasteiger partial charge in [-0.15, -0.1) is 0 Å². The number of Topliss-reactive ketones (excluding diaryl/α,β-unsaturated/α-hetero) is 1. The molecule has 5 heteroatoms. The second-order valence-electron chi connectivity index (χ2n) is 4.93. The zero-order valence-electron chi connectivity index (χ0n) is 12.4. The molecule has 0 aliphatic carbocycles. The Morgan fingerprint density at radius 1 is 1.26 bits per heavy atom. The molecule has 1 aliphatic rings. The molecule has 5 nitrogen and oxygen atoms in total. The van der Waals surface area contributed by atoms with Crippen LogP contribution in [0.25, 0.3) is 6.08 Å². The molecule has 0 bridgehead atoms. The molecule has 0 aromatic heterocycles. The third-order valence-electron chi connectivity index (χ3n) is 3.42. The van der Waals surface area contributed by atoms with Gasteiger partial charge in [0.2, 0.25) is 5.78 Å². The van der Waals surface area contributed by atoms with Gasteiger partial charge in [-0.3, -0.25) is 4.79 Å². The van der Waals surface area contributed by atoms with Crippen molar-refractivity contribution < 1.29 is 24.2 Å². The predicted molar refractivity (Wildman–Crippen MR) is 83.9 cm³/mol. The van der Waals surface area contributed by atoms with E-state index in [0.717, 1.165) is 5.56 Å². The van der Waals surface area contributed by atoms with E-state index in [2.05, 4.69) is 0 Å². The molecule has 0 amide bonds. The van der Waals surface area contributed by atoms with E-state index in [9.17, 15) is 9.59 Å². The number of carbonyl (C=O) groups is 2. The van der Waals surface area contributed by atoms with Crippen molar-refractivity contribution in [2.24, 2.45) is 0 Å². The SMILES string of the molecule is CCOc1ccccc1C=C1Oc2ccc(C(=O)O)cc2C1=O. The van der Waals surface area contributed by atoms with Crippen molar-refractivity contribution >= 4 is 17.8 Å². The van der Waals surface area contributed by atoms with Gasteiger partial charge in [-0.25, -0.2) is 4.79 Å². The van der Waals surface area contributed by atoms with E-state index in [0.29, 0.717) is 18.1 Å². The standard InChI is InChI=1S/C18H14O5/c1-2-22-14-6-4-3-5-11(14)10-16-17(19)13-9-12(18(20)21)7-8-15(13)23-16/h3-10H,2H2,1H3,(H,20,21). The van der Waals surface area contributed by atoms with E-state index in [4.69, 9.17) is 14.6 Å². The molecule has 0 saturated heterocycles. The van der Waals surface area contributed by atoms with Gasteiger partial charge < -0.3 is 14.6 Å². The summed E-state index contributed by atoms with van der Waals surface area (Å²) < 4.78 is 11.1. The first-order chi connectivity index (χ1) is 11.1. The molecule has 116 valence electrons. The maximum Gasteiger partial charge on any atom is 0.335 e. The van der Waals surface area contributed by atoms with Gasteiger partial charge in [0.15, 0.2) is 5.76 Å². The van der Waals surface area contributed by atoms with Crippen molar-refractivity contribution in [2.75, 3.05) is 6.61 Å². The summed E-state index contributed by atoms with van der Waals surface area (Å²) >= 11 is 0. The van der Waals surface area contributed by atoms with E-state index in [1.165, 1.54) is 18.2 Å². The number of benzene rings is 2. The molecule has 0 spiro atoms. The fourth-order valence-corrected chi connectivity index (χ4v) is 2.35. The van der Waals surface area contributed by atoms with Crippen LogP contribution in [-0.4, -0.2) is 23.5 Å². The van der Waals surface area contributed by atoms with Crippen molar-refractivity contribution in [2.45, 2.75) is 6.92 Å². The number of allylic oxidation sites excluding steroid dienone is 1. The summed E-state index contributed by atoms with van der Waals surface area (Å²) in [4.78, 5) is 23.4. The Morgan fingerprint density at radius 2 is 2.04 bits per heavy atom. The highest BCUT2D eigenvalue weighted by Crippen LogP contribution is 2.33. The van der Waals surface area contributed by atoms with Crippen LogP contribution in [0.1, 0.15) is 33.2 Å². The summed E-state index contributed by atoms with van der Waals surface area (Å²) in [6.07, 6.45) is 1.60. The maximum atomic E-state index is 12.4. The second kappa shape index (κ2) is 5.96. The van der Waals surface area contributed by atoms with Crippen LogP contribution in [0.15, 0.2) is 48.2 Å². The van der Waals surface area contributed by atoms with E-state index in [-0.39, 0.29) is 22.7 Å². The summed E-state index contributed by atoms with van der Waals surface area (Å²) in [7, 11) is 0. The lowest BCUT2D eigenvalue weighted by atomic mass is 10.1. The highest BCUT2D eigenvalue weighted by Gasteiger charge is 2.28. The first kappa shape index (κ1) is 14.8. The number of ether oxygens (including phenoxy) is 2. The number of hydrogen-bond acceptors (Lipinski definition) is 4. The number of carboxylic acid groups (broad SMARTS) is 1. The Hall–Kier alpha value is -3.08. The Kier molecular flexibility index (Phi) is 3.85. The zero-order valence-corrected chi connectivity index (χ0v) is 12.4. The van der Waals surface area contributed by atoms with Crippen molar-refractivity contribution in [3.05, 3.63) is 64.9 Å². The molecular weight excluding hydrogens is 296 g/mol. The van der Waals surface area contributed by atoms with Crippen LogP contribution in [0.4, 0.5) is 0 Å². The Bertz CT molecular complexity index is 820. The van der Waals surface area contributed by atoms with Crippen molar-refractivity contribution in [3.63, 3.8) is 0 Å². The number of aromatic carboxylic acids is 1. The second-order valence-corrected chi connectivity index (χ2v) is 4.93. The van der Waals surface area contributed by atoms with E-state index < -0.39 is 5.97 Å². The van der Waals surface area contributed by atoms with Gasteiger partial charge in [0.1, 0.15) is 11.5 Å². The molecule has 2 aromatic rings. The van der Waals surface area contributed by atoms with E-state index in [1.807, 2.05) is 31.2 Å². The number of fused-ring (bicyclic) bond motifs is 1. The van der Waals surface area contributed by atoms with Crippen molar-refractivity contribution in [1.29, 1.82) is 0 Å². The van der Waals surface area contributed by atoms with Gasteiger partial charge in [0.25, 0.3) is 0 Å². The molecule has 0 radical (unpaired) electrons. The van der Waals surface area contributed by atoms with Crippen LogP contribution in [0, 0.1) is 0 Å². The number of carboxylic acids is 1. The fourth-order valence-electron chi connectivity index (χ4n) is 2.35. The fraction of sp³-hybridized carbons (Fsp3) is 0.111. The Morgan fingerprint density at radius 3 is 2.78 bits per heavy atom. The molecule has 23 heavy (non-hydrogen) atoms. The molecule has 1 aliphatic heterocycles. The number of carbonyl (C=O) groups excluding carboxylic acids is 1. The maximum absolute atomic E-state index is 12.4. The number of rotatable bonds is 4. The molecule has 3 rings (SSSR count). The first-order valence-electron chi connectivity index (χ1n) is 7.13. The van der Waals surface area contributed by atoms with Crippen LogP contribution < -0.4 is 9.47 Å². The van der Waals surface area contributed by atoms with Gasteiger partial charge in [0.05, 0.1) is 17.7 Å². The lowest BCUT2D eigenvalue weighted by Crippen LogP contribution is -2.01. The average molecular weight is 310 g/mol. The van der Waals surface area contributed by atoms with Crippen molar-refractivity contribution in [1.82, 2.24) is 0 Å². The van der Waals surface area contributed by atoms with Crippen LogP contribution in [-0.2, 0) is 0 Å². The normalized spacial score (nSPS) is 14.5. The highest BCUT2D eigenvalue weighted by molar-refractivity contribution is 6.15. The van der Waals surface area contributed by atoms with Gasteiger partial charge in [-0.05, 0) is 37.3 Å². The zero-order chi connectivity index (χ0) is 16.4. The van der Waals surface area contributed by atoms with Gasteiger partial charge in [-0.1, -0.05) is 18.2 Å². The monoisotopic (exact) mass is 310 g/mol. The minimum Gasteiger partial charge on any atom is -0.493 e. The molecule has 0 fully saturated rings. The summed E-state index contributed by atoms with van der Waals surface area (Å²) in [5, 5.41) is 9.02. The summed E-state index contributed by atoms with van der Waals surface area (Å²) in [5.74, 6) is -0.259. The van der Waals surface area contributed by atoms with Crippen LogP contribution >= 0.6 is 0 Å². The molecule has 1 N–H and O–H groups in total. The third-order valence-corrected chi connectivity index (χ3v) is 3.42. The average Bonchev–Trinajstić information content (AvgIpc) is 2.85. The Balaban J connectivity index is 1.97. The van der Waals surface area contributed by atoms with E-state index in [1.54, 1.807) is 6.08 Å². The number of ketones is 1. The lowest BCUT2D eigenvalue weighted by Gasteiger charge is -2.07. The van der Waals surface area contributed by atoms with Crippen molar-refractivity contribution in [3.8, 4) is 11.5 Å². The number of para-hydroxylation sites is 1. The smallest absolute Gasteiger partial charge is 0.335 e. The predicted octanol–water partition coefficient (Wildman–Crippen LogP) is 3.40. The quantitative estimate of drug-likeness (QED) is 0.876. The Labute approximate surface area is 132 Å². The summed E-state index contributed by atoms with van der Waals surface area (Å²) in [6, 6.07) is 11.5. The lowest BCUT2D eigenvalue weighted by molar-refractivity contribution is 0.0697. The summed E-state index contributed by atoms with van der Waals surface area (Å²) in [5.41, 5.74) is 1.03.